The highest BCUT2D eigenvalue weighted by Gasteiger charge is 2.12. The van der Waals surface area contributed by atoms with E-state index >= 15 is 0 Å². The van der Waals surface area contributed by atoms with Crippen LogP contribution in [0.5, 0.6) is 0 Å². The number of ether oxygens (including phenoxy) is 1. The quantitative estimate of drug-likeness (QED) is 0.521. The molecular weight excluding hydrogens is 442 g/mol. The molecule has 3 N–H and O–H groups in total. The van der Waals surface area contributed by atoms with Gasteiger partial charge in [0.25, 0.3) is 17.7 Å². The Kier molecular flexibility index (Phi) is 8.35. The molecule has 2 aromatic rings. The normalized spacial score (nSPS) is 10.0. The number of esters is 1. The van der Waals surface area contributed by atoms with Crippen LogP contribution in [0.2, 0.25) is 0 Å². The number of amides is 3. The molecule has 0 aliphatic heterocycles. The van der Waals surface area contributed by atoms with E-state index in [0.29, 0.717) is 23.4 Å². The maximum absolute atomic E-state index is 11.9. The van der Waals surface area contributed by atoms with E-state index in [0.717, 1.165) is 4.47 Å². The Labute approximate surface area is 176 Å². The second-order valence-corrected chi connectivity index (χ2v) is 6.75. The molecule has 0 atom stereocenters. The van der Waals surface area contributed by atoms with Crippen LogP contribution in [0.4, 0.5) is 5.69 Å². The molecule has 8 nitrogen and oxygen atoms in total. The van der Waals surface area contributed by atoms with Crippen molar-refractivity contribution in [3.63, 3.8) is 0 Å². The SMILES string of the molecule is CCNC(=O)c1cccc(NC(=O)COC(=O)CNC(=O)c2ccc(Br)cc2)c1. The molecule has 0 fully saturated rings. The van der Waals surface area contributed by atoms with Gasteiger partial charge in [0, 0.05) is 27.8 Å². The molecule has 29 heavy (non-hydrogen) atoms. The number of nitrogens with one attached hydrogen (secondary N) is 3. The van der Waals surface area contributed by atoms with Crippen molar-refractivity contribution in [3.8, 4) is 0 Å². The third kappa shape index (κ3) is 7.38. The molecule has 0 saturated heterocycles. The van der Waals surface area contributed by atoms with Gasteiger partial charge in [-0.15, -0.1) is 0 Å². The molecule has 0 saturated carbocycles. The van der Waals surface area contributed by atoms with Gasteiger partial charge < -0.3 is 20.7 Å². The van der Waals surface area contributed by atoms with Gasteiger partial charge in [-0.3, -0.25) is 19.2 Å². The first-order valence-corrected chi connectivity index (χ1v) is 9.56. The van der Waals surface area contributed by atoms with Gasteiger partial charge in [0.1, 0.15) is 6.54 Å². The summed E-state index contributed by atoms with van der Waals surface area (Å²) in [5.41, 5.74) is 1.20. The first-order chi connectivity index (χ1) is 13.9. The minimum Gasteiger partial charge on any atom is -0.454 e. The smallest absolute Gasteiger partial charge is 0.325 e. The van der Waals surface area contributed by atoms with Gasteiger partial charge >= 0.3 is 5.97 Å². The standard InChI is InChI=1S/C20H20BrN3O5/c1-2-22-20(28)14-4-3-5-16(10-14)24-17(25)12-29-18(26)11-23-19(27)13-6-8-15(21)9-7-13/h3-10H,2,11-12H2,1H3,(H,22,28)(H,23,27)(H,24,25). The number of anilines is 1. The lowest BCUT2D eigenvalue weighted by Gasteiger charge is -2.09. The van der Waals surface area contributed by atoms with Crippen LogP contribution in [0.1, 0.15) is 27.6 Å². The summed E-state index contributed by atoms with van der Waals surface area (Å²) in [6.45, 7) is 1.41. The molecular formula is C20H20BrN3O5. The maximum atomic E-state index is 11.9. The summed E-state index contributed by atoms with van der Waals surface area (Å²) in [5, 5.41) is 7.62. The summed E-state index contributed by atoms with van der Waals surface area (Å²) in [5.74, 6) is -2.00. The van der Waals surface area contributed by atoms with Crippen molar-refractivity contribution in [3.05, 3.63) is 64.1 Å². The lowest BCUT2D eigenvalue weighted by molar-refractivity contribution is -0.146. The highest BCUT2D eigenvalue weighted by atomic mass is 79.9. The second-order valence-electron chi connectivity index (χ2n) is 5.84. The summed E-state index contributed by atoms with van der Waals surface area (Å²) in [4.78, 5) is 47.4. The van der Waals surface area contributed by atoms with E-state index in [1.165, 1.54) is 6.07 Å². The van der Waals surface area contributed by atoms with Gasteiger partial charge in [-0.1, -0.05) is 22.0 Å². The fourth-order valence-electron chi connectivity index (χ4n) is 2.25. The Morgan fingerprint density at radius 2 is 1.62 bits per heavy atom. The Hall–Kier alpha value is -3.20. The molecule has 0 heterocycles. The predicted octanol–water partition coefficient (Wildman–Crippen LogP) is 2.11. The topological polar surface area (TPSA) is 114 Å². The first kappa shape index (κ1) is 22.1. The third-order valence-corrected chi connectivity index (χ3v) is 4.14. The van der Waals surface area contributed by atoms with Crippen LogP contribution in [-0.4, -0.2) is 43.4 Å². The van der Waals surface area contributed by atoms with Crippen LogP contribution >= 0.6 is 15.9 Å². The molecule has 152 valence electrons. The van der Waals surface area contributed by atoms with E-state index in [1.54, 1.807) is 49.4 Å². The van der Waals surface area contributed by atoms with E-state index < -0.39 is 24.4 Å². The summed E-state index contributed by atoms with van der Waals surface area (Å²) in [6, 6.07) is 13.0. The predicted molar refractivity (Wildman–Crippen MR) is 111 cm³/mol. The van der Waals surface area contributed by atoms with Gasteiger partial charge in [-0.25, -0.2) is 0 Å². The molecule has 2 aromatic carbocycles. The van der Waals surface area contributed by atoms with Crippen LogP contribution in [0, 0.1) is 0 Å². The van der Waals surface area contributed by atoms with Gasteiger partial charge in [-0.2, -0.15) is 0 Å². The van der Waals surface area contributed by atoms with E-state index in [-0.39, 0.29) is 12.5 Å². The Bertz CT molecular complexity index is 899. The molecule has 0 spiro atoms. The van der Waals surface area contributed by atoms with Crippen molar-refractivity contribution in [1.29, 1.82) is 0 Å². The van der Waals surface area contributed by atoms with Crippen molar-refractivity contribution in [1.82, 2.24) is 10.6 Å². The largest absolute Gasteiger partial charge is 0.454 e. The molecule has 9 heteroatoms. The fraction of sp³-hybridized carbons (Fsp3) is 0.200. The molecule has 0 unspecified atom stereocenters. The highest BCUT2D eigenvalue weighted by molar-refractivity contribution is 9.10. The molecule has 0 radical (unpaired) electrons. The van der Waals surface area contributed by atoms with Crippen LogP contribution in [0.25, 0.3) is 0 Å². The molecule has 0 bridgehead atoms. The van der Waals surface area contributed by atoms with E-state index in [1.807, 2.05) is 0 Å². The van der Waals surface area contributed by atoms with Crippen molar-refractivity contribution in [2.75, 3.05) is 25.0 Å². The van der Waals surface area contributed by atoms with E-state index in [4.69, 9.17) is 4.74 Å². The van der Waals surface area contributed by atoms with Crippen molar-refractivity contribution < 1.29 is 23.9 Å². The average Bonchev–Trinajstić information content (AvgIpc) is 2.71. The van der Waals surface area contributed by atoms with Gasteiger partial charge in [0.2, 0.25) is 0 Å². The fourth-order valence-corrected chi connectivity index (χ4v) is 2.52. The second kappa shape index (κ2) is 11.0. The summed E-state index contributed by atoms with van der Waals surface area (Å²) >= 11 is 3.27. The van der Waals surface area contributed by atoms with E-state index in [2.05, 4.69) is 31.9 Å². The first-order valence-electron chi connectivity index (χ1n) is 8.76. The van der Waals surface area contributed by atoms with Crippen molar-refractivity contribution >= 4 is 45.3 Å². The van der Waals surface area contributed by atoms with Crippen LogP contribution in [0.15, 0.2) is 53.0 Å². The zero-order chi connectivity index (χ0) is 21.2. The van der Waals surface area contributed by atoms with Crippen molar-refractivity contribution in [2.45, 2.75) is 6.92 Å². The summed E-state index contributed by atoms with van der Waals surface area (Å²) in [7, 11) is 0. The third-order valence-electron chi connectivity index (χ3n) is 3.61. The lowest BCUT2D eigenvalue weighted by atomic mass is 10.2. The Balaban J connectivity index is 1.76. The minimum atomic E-state index is -0.748. The lowest BCUT2D eigenvalue weighted by Crippen LogP contribution is -2.32. The van der Waals surface area contributed by atoms with Crippen LogP contribution in [0.3, 0.4) is 0 Å². The minimum absolute atomic E-state index is 0.253. The van der Waals surface area contributed by atoms with E-state index in [9.17, 15) is 19.2 Å². The Morgan fingerprint density at radius 3 is 2.31 bits per heavy atom. The summed E-state index contributed by atoms with van der Waals surface area (Å²) in [6.07, 6.45) is 0. The molecule has 0 aliphatic carbocycles. The van der Waals surface area contributed by atoms with Crippen LogP contribution < -0.4 is 16.0 Å². The Morgan fingerprint density at radius 1 is 0.931 bits per heavy atom. The highest BCUT2D eigenvalue weighted by Crippen LogP contribution is 2.11. The number of halogens is 1. The number of hydrogen-bond acceptors (Lipinski definition) is 5. The van der Waals surface area contributed by atoms with Crippen molar-refractivity contribution in [2.24, 2.45) is 0 Å². The zero-order valence-electron chi connectivity index (χ0n) is 15.7. The number of hydrogen-bond donors (Lipinski definition) is 3. The number of rotatable bonds is 8. The number of carbonyl (C=O) groups is 4. The number of carbonyl (C=O) groups excluding carboxylic acids is 4. The molecule has 3 amide bonds. The zero-order valence-corrected chi connectivity index (χ0v) is 17.2. The monoisotopic (exact) mass is 461 g/mol. The maximum Gasteiger partial charge on any atom is 0.325 e. The molecule has 0 aromatic heterocycles. The van der Waals surface area contributed by atoms with Gasteiger partial charge in [0.15, 0.2) is 6.61 Å². The van der Waals surface area contributed by atoms with Gasteiger partial charge in [0.05, 0.1) is 0 Å². The van der Waals surface area contributed by atoms with Gasteiger partial charge in [-0.05, 0) is 49.4 Å². The summed E-state index contributed by atoms with van der Waals surface area (Å²) < 4.78 is 5.67. The molecule has 2 rings (SSSR count). The molecule has 0 aliphatic rings. The van der Waals surface area contributed by atoms with Crippen LogP contribution in [-0.2, 0) is 14.3 Å². The number of benzene rings is 2. The average molecular weight is 462 g/mol.